The Bertz CT molecular complexity index is 1370. The van der Waals surface area contributed by atoms with Gasteiger partial charge in [-0.15, -0.1) is 0 Å². The monoisotopic (exact) mass is 532 g/mol. The largest absolute Gasteiger partial charge is 0.322 e. The summed E-state index contributed by atoms with van der Waals surface area (Å²) < 4.78 is 2.50. The highest BCUT2D eigenvalue weighted by atomic mass is 79.9. The number of nitrogens with zero attached hydrogens (tertiary/aromatic N) is 3. The van der Waals surface area contributed by atoms with Crippen molar-refractivity contribution in [2.24, 2.45) is 0 Å². The Balaban J connectivity index is 1.76. The number of halogens is 1. The molecule has 0 aliphatic heterocycles. The van der Waals surface area contributed by atoms with E-state index in [0.29, 0.717) is 48.3 Å². The molecule has 1 unspecified atom stereocenters. The molecule has 35 heavy (non-hydrogen) atoms. The number of aromatic nitrogens is 2. The number of anilines is 1. The number of hydrogen-bond acceptors (Lipinski definition) is 3. The second-order valence-corrected chi connectivity index (χ2v) is 9.15. The minimum atomic E-state index is -0.376. The highest BCUT2D eigenvalue weighted by molar-refractivity contribution is 9.10. The van der Waals surface area contributed by atoms with E-state index in [1.807, 2.05) is 74.5 Å². The van der Waals surface area contributed by atoms with Crippen molar-refractivity contribution in [3.8, 4) is 0 Å². The summed E-state index contributed by atoms with van der Waals surface area (Å²) in [7, 11) is 0. The molecular formula is C28H29BrN4O2. The number of fused-ring (bicyclic) bond motifs is 1. The van der Waals surface area contributed by atoms with Gasteiger partial charge in [-0.1, -0.05) is 61.5 Å². The third-order valence-corrected chi connectivity index (χ3v) is 6.82. The van der Waals surface area contributed by atoms with E-state index in [4.69, 9.17) is 4.98 Å². The maximum absolute atomic E-state index is 13.7. The number of urea groups is 1. The van der Waals surface area contributed by atoms with E-state index in [1.165, 1.54) is 0 Å². The van der Waals surface area contributed by atoms with Crippen LogP contribution >= 0.6 is 15.9 Å². The number of hydrogen-bond donors (Lipinski definition) is 1. The van der Waals surface area contributed by atoms with Crippen LogP contribution < -0.4 is 10.9 Å². The van der Waals surface area contributed by atoms with Gasteiger partial charge in [-0.3, -0.25) is 9.36 Å². The summed E-state index contributed by atoms with van der Waals surface area (Å²) in [6.07, 6.45) is 1.30. The summed E-state index contributed by atoms with van der Waals surface area (Å²) in [6, 6.07) is 24.4. The predicted octanol–water partition coefficient (Wildman–Crippen LogP) is 6.41. The van der Waals surface area contributed by atoms with Gasteiger partial charge in [0.2, 0.25) is 0 Å². The first kappa shape index (κ1) is 24.7. The lowest BCUT2D eigenvalue weighted by Crippen LogP contribution is -2.42. The van der Waals surface area contributed by atoms with Crippen molar-refractivity contribution in [3.05, 3.63) is 105 Å². The fourth-order valence-electron chi connectivity index (χ4n) is 4.33. The van der Waals surface area contributed by atoms with Crippen LogP contribution in [0.25, 0.3) is 10.9 Å². The van der Waals surface area contributed by atoms with Crippen LogP contribution in [-0.4, -0.2) is 27.0 Å². The standard InChI is InChI=1S/C28H29BrN4O2/c1-3-25(26-30-23-16-10-8-14-21(23)27(34)32(26)4-2)33(19-18-20-12-6-5-7-13-20)28(35)31-24-17-11-9-15-22(24)29/h5-17,25H,3-4,18-19H2,1-2H3,(H,31,35). The van der Waals surface area contributed by atoms with Crippen LogP contribution in [0.15, 0.2) is 88.1 Å². The van der Waals surface area contributed by atoms with Gasteiger partial charge >= 0.3 is 6.03 Å². The third kappa shape index (κ3) is 5.46. The molecule has 0 spiro atoms. The average molecular weight is 533 g/mol. The zero-order valence-electron chi connectivity index (χ0n) is 19.9. The molecular weight excluding hydrogens is 504 g/mol. The number of benzene rings is 3. The van der Waals surface area contributed by atoms with Gasteiger partial charge in [0.15, 0.2) is 0 Å². The Morgan fingerprint density at radius 1 is 1.00 bits per heavy atom. The Morgan fingerprint density at radius 2 is 1.69 bits per heavy atom. The zero-order chi connectivity index (χ0) is 24.8. The number of para-hydroxylation sites is 2. The first-order valence-corrected chi connectivity index (χ1v) is 12.7. The molecule has 4 aromatic rings. The van der Waals surface area contributed by atoms with Gasteiger partial charge in [-0.2, -0.15) is 0 Å². The Hall–Kier alpha value is -3.45. The van der Waals surface area contributed by atoms with E-state index in [0.717, 1.165) is 10.0 Å². The normalized spacial score (nSPS) is 11.9. The van der Waals surface area contributed by atoms with Crippen LogP contribution in [0, 0.1) is 0 Å². The predicted molar refractivity (Wildman–Crippen MR) is 145 cm³/mol. The summed E-state index contributed by atoms with van der Waals surface area (Å²) in [5, 5.41) is 3.63. The summed E-state index contributed by atoms with van der Waals surface area (Å²) >= 11 is 3.52. The van der Waals surface area contributed by atoms with Crippen LogP contribution in [0.3, 0.4) is 0 Å². The highest BCUT2D eigenvalue weighted by Crippen LogP contribution is 2.27. The van der Waals surface area contributed by atoms with E-state index in [1.54, 1.807) is 15.5 Å². The van der Waals surface area contributed by atoms with Crippen LogP contribution in [0.1, 0.15) is 37.7 Å². The highest BCUT2D eigenvalue weighted by Gasteiger charge is 2.28. The molecule has 1 N–H and O–H groups in total. The summed E-state index contributed by atoms with van der Waals surface area (Å²) in [5.41, 5.74) is 2.39. The smallest absolute Gasteiger partial charge is 0.314 e. The molecule has 1 aromatic heterocycles. The van der Waals surface area contributed by atoms with E-state index < -0.39 is 0 Å². The third-order valence-electron chi connectivity index (χ3n) is 6.13. The van der Waals surface area contributed by atoms with Crippen molar-refractivity contribution in [1.29, 1.82) is 0 Å². The van der Waals surface area contributed by atoms with E-state index in [9.17, 15) is 9.59 Å². The fraction of sp³-hybridized carbons (Fsp3) is 0.250. The van der Waals surface area contributed by atoms with E-state index >= 15 is 0 Å². The van der Waals surface area contributed by atoms with Gasteiger partial charge in [-0.05, 0) is 65.5 Å². The molecule has 6 nitrogen and oxygen atoms in total. The quantitative estimate of drug-likeness (QED) is 0.285. The van der Waals surface area contributed by atoms with Gasteiger partial charge < -0.3 is 10.2 Å². The van der Waals surface area contributed by atoms with Crippen LogP contribution in [0.5, 0.6) is 0 Å². The molecule has 1 atom stereocenters. The molecule has 1 heterocycles. The van der Waals surface area contributed by atoms with Crippen molar-refractivity contribution < 1.29 is 4.79 Å². The lowest BCUT2D eigenvalue weighted by molar-refractivity contribution is 0.181. The van der Waals surface area contributed by atoms with Crippen LogP contribution in [0.2, 0.25) is 0 Å². The molecule has 0 saturated carbocycles. The summed E-state index contributed by atoms with van der Waals surface area (Å²) in [5.74, 6) is 0.606. The topological polar surface area (TPSA) is 67.2 Å². The van der Waals surface area contributed by atoms with Crippen molar-refractivity contribution in [2.75, 3.05) is 11.9 Å². The van der Waals surface area contributed by atoms with E-state index in [-0.39, 0.29) is 17.6 Å². The molecule has 180 valence electrons. The second-order valence-electron chi connectivity index (χ2n) is 8.30. The van der Waals surface area contributed by atoms with Crippen molar-refractivity contribution in [1.82, 2.24) is 14.5 Å². The molecule has 7 heteroatoms. The Kier molecular flexibility index (Phi) is 7.98. The lowest BCUT2D eigenvalue weighted by Gasteiger charge is -2.32. The van der Waals surface area contributed by atoms with Crippen LogP contribution in [0.4, 0.5) is 10.5 Å². The number of carbonyl (C=O) groups excluding carboxylic acids is 1. The number of carbonyl (C=O) groups is 1. The molecule has 0 radical (unpaired) electrons. The molecule has 0 bridgehead atoms. The molecule has 0 aliphatic rings. The van der Waals surface area contributed by atoms with Crippen molar-refractivity contribution in [2.45, 2.75) is 39.3 Å². The van der Waals surface area contributed by atoms with Gasteiger partial charge in [0, 0.05) is 17.6 Å². The summed E-state index contributed by atoms with van der Waals surface area (Å²) in [4.78, 5) is 33.7. The SMILES string of the molecule is CCC(c1nc2ccccc2c(=O)n1CC)N(CCc1ccccc1)C(=O)Nc1ccccc1Br. The number of nitrogens with one attached hydrogen (secondary N) is 1. The number of amides is 2. The first-order valence-electron chi connectivity index (χ1n) is 11.9. The second kappa shape index (κ2) is 11.3. The Morgan fingerprint density at radius 3 is 2.40 bits per heavy atom. The number of rotatable bonds is 8. The Labute approximate surface area is 213 Å². The van der Waals surface area contributed by atoms with Gasteiger partial charge in [-0.25, -0.2) is 9.78 Å². The van der Waals surface area contributed by atoms with Crippen LogP contribution in [-0.2, 0) is 13.0 Å². The minimum Gasteiger partial charge on any atom is -0.314 e. The zero-order valence-corrected chi connectivity index (χ0v) is 21.5. The van der Waals surface area contributed by atoms with E-state index in [2.05, 4.69) is 33.4 Å². The summed E-state index contributed by atoms with van der Waals surface area (Å²) in [6.45, 7) is 4.91. The maximum atomic E-state index is 13.7. The molecule has 3 aromatic carbocycles. The molecule has 0 saturated heterocycles. The van der Waals surface area contributed by atoms with Gasteiger partial charge in [0.05, 0.1) is 22.6 Å². The first-order chi connectivity index (χ1) is 17.0. The lowest BCUT2D eigenvalue weighted by atomic mass is 10.1. The van der Waals surface area contributed by atoms with Crippen molar-refractivity contribution in [3.63, 3.8) is 0 Å². The minimum absolute atomic E-state index is 0.0826. The van der Waals surface area contributed by atoms with Gasteiger partial charge in [0.25, 0.3) is 5.56 Å². The van der Waals surface area contributed by atoms with Gasteiger partial charge in [0.1, 0.15) is 5.82 Å². The maximum Gasteiger partial charge on any atom is 0.322 e. The fourth-order valence-corrected chi connectivity index (χ4v) is 4.71. The molecule has 2 amide bonds. The molecule has 4 rings (SSSR count). The average Bonchev–Trinajstić information content (AvgIpc) is 2.88. The molecule has 0 aliphatic carbocycles. The molecule has 0 fully saturated rings. The van der Waals surface area contributed by atoms with Crippen molar-refractivity contribution >= 4 is 38.6 Å².